The highest BCUT2D eigenvalue weighted by molar-refractivity contribution is 7.88. The molecule has 0 unspecified atom stereocenters. The average Bonchev–Trinajstić information content (AvgIpc) is 2.94. The smallest absolute Gasteiger partial charge is 0.251 e. The fraction of sp³-hybridized carbons (Fsp3) is 0.471. The summed E-state index contributed by atoms with van der Waals surface area (Å²) < 4.78 is 26.6. The fourth-order valence-electron chi connectivity index (χ4n) is 3.28. The van der Waals surface area contributed by atoms with Gasteiger partial charge in [-0.1, -0.05) is 6.07 Å². The lowest BCUT2D eigenvalue weighted by atomic mass is 9.98. The summed E-state index contributed by atoms with van der Waals surface area (Å²) in [6.07, 6.45) is 4.75. The van der Waals surface area contributed by atoms with Gasteiger partial charge in [0.25, 0.3) is 5.91 Å². The number of aromatic nitrogens is 1. The first-order valence-electron chi connectivity index (χ1n) is 8.13. The van der Waals surface area contributed by atoms with Gasteiger partial charge in [-0.05, 0) is 37.0 Å². The maximum Gasteiger partial charge on any atom is 0.251 e. The third kappa shape index (κ3) is 3.47. The Morgan fingerprint density at radius 2 is 1.96 bits per heavy atom. The molecule has 1 N–H and O–H groups in total. The van der Waals surface area contributed by atoms with Gasteiger partial charge >= 0.3 is 0 Å². The highest BCUT2D eigenvalue weighted by Gasteiger charge is 2.25. The molecule has 7 heteroatoms. The molecule has 1 saturated heterocycles. The summed E-state index contributed by atoms with van der Waals surface area (Å²) in [5, 5.41) is 3.96. The number of sulfonamides is 1. The number of piperidine rings is 1. The fourth-order valence-corrected chi connectivity index (χ4v) is 4.15. The lowest BCUT2D eigenvalue weighted by Gasteiger charge is -2.30. The molecular formula is C17H23N3O3S. The first-order valence-corrected chi connectivity index (χ1v) is 9.98. The highest BCUT2D eigenvalue weighted by atomic mass is 32.2. The van der Waals surface area contributed by atoms with Gasteiger partial charge in [-0.15, -0.1) is 0 Å². The Bertz CT molecular complexity index is 849. The number of aryl methyl sites for hydroxylation is 1. The van der Waals surface area contributed by atoms with E-state index in [-0.39, 0.29) is 5.91 Å². The van der Waals surface area contributed by atoms with Crippen LogP contribution in [0.3, 0.4) is 0 Å². The average molecular weight is 349 g/mol. The molecular weight excluding hydrogens is 326 g/mol. The van der Waals surface area contributed by atoms with Crippen molar-refractivity contribution >= 4 is 26.8 Å². The summed E-state index contributed by atoms with van der Waals surface area (Å²) in [5.74, 6) is 0.249. The largest absolute Gasteiger partial charge is 0.352 e. The Hall–Kier alpha value is -1.86. The third-order valence-corrected chi connectivity index (χ3v) is 6.07. The van der Waals surface area contributed by atoms with E-state index in [0.29, 0.717) is 31.1 Å². The lowest BCUT2D eigenvalue weighted by molar-refractivity contribution is 0.0943. The number of hydrogen-bond donors (Lipinski definition) is 1. The van der Waals surface area contributed by atoms with Crippen molar-refractivity contribution in [2.75, 3.05) is 25.9 Å². The molecule has 24 heavy (non-hydrogen) atoms. The molecule has 1 aliphatic heterocycles. The van der Waals surface area contributed by atoms with Crippen LogP contribution in [0.5, 0.6) is 0 Å². The Labute approximate surface area is 142 Å². The van der Waals surface area contributed by atoms with Gasteiger partial charge in [0, 0.05) is 49.3 Å². The second kappa shape index (κ2) is 6.57. The van der Waals surface area contributed by atoms with Crippen LogP contribution in [-0.2, 0) is 17.1 Å². The number of nitrogens with one attached hydrogen (secondary N) is 1. The highest BCUT2D eigenvalue weighted by Crippen LogP contribution is 2.21. The van der Waals surface area contributed by atoms with E-state index in [1.54, 1.807) is 0 Å². The number of carbonyl (C=O) groups excluding carboxylic acids is 1. The van der Waals surface area contributed by atoms with Crippen LogP contribution >= 0.6 is 0 Å². The van der Waals surface area contributed by atoms with Gasteiger partial charge in [-0.3, -0.25) is 4.79 Å². The Morgan fingerprint density at radius 1 is 1.25 bits per heavy atom. The van der Waals surface area contributed by atoms with Crippen molar-refractivity contribution in [1.82, 2.24) is 14.2 Å². The van der Waals surface area contributed by atoms with Crippen LogP contribution < -0.4 is 5.32 Å². The van der Waals surface area contributed by atoms with Crippen LogP contribution in [0.25, 0.3) is 10.9 Å². The summed E-state index contributed by atoms with van der Waals surface area (Å²) in [6, 6.07) is 7.67. The molecule has 1 aromatic carbocycles. The lowest BCUT2D eigenvalue weighted by Crippen LogP contribution is -2.41. The number of amides is 1. The SMILES string of the molecule is Cn1ccc2c(C(=O)NCC3CCN(S(C)(=O)=O)CC3)cccc21. The molecule has 0 saturated carbocycles. The van der Waals surface area contributed by atoms with Gasteiger partial charge in [0.05, 0.1) is 6.26 Å². The zero-order valence-electron chi connectivity index (χ0n) is 14.0. The van der Waals surface area contributed by atoms with Crippen LogP contribution in [0.2, 0.25) is 0 Å². The minimum absolute atomic E-state index is 0.0719. The van der Waals surface area contributed by atoms with Crippen molar-refractivity contribution in [3.63, 3.8) is 0 Å². The number of carbonyl (C=O) groups is 1. The van der Waals surface area contributed by atoms with Crippen molar-refractivity contribution in [3.05, 3.63) is 36.0 Å². The topological polar surface area (TPSA) is 71.4 Å². The summed E-state index contributed by atoms with van der Waals surface area (Å²) in [4.78, 5) is 12.5. The van der Waals surface area contributed by atoms with E-state index in [0.717, 1.165) is 23.7 Å². The maximum absolute atomic E-state index is 12.5. The van der Waals surface area contributed by atoms with Gasteiger partial charge in [-0.25, -0.2) is 12.7 Å². The van der Waals surface area contributed by atoms with Crippen LogP contribution in [0.4, 0.5) is 0 Å². The third-order valence-electron chi connectivity index (χ3n) is 4.77. The molecule has 2 aromatic rings. The Kier molecular flexibility index (Phi) is 4.64. The van der Waals surface area contributed by atoms with Gasteiger partial charge in [0.2, 0.25) is 10.0 Å². The first-order chi connectivity index (χ1) is 11.4. The number of benzene rings is 1. The summed E-state index contributed by atoms with van der Waals surface area (Å²) in [7, 11) is -1.14. The maximum atomic E-state index is 12.5. The number of fused-ring (bicyclic) bond motifs is 1. The van der Waals surface area contributed by atoms with E-state index >= 15 is 0 Å². The summed E-state index contributed by atoms with van der Waals surface area (Å²) >= 11 is 0. The normalized spacial score (nSPS) is 17.2. The molecule has 2 heterocycles. The van der Waals surface area contributed by atoms with Gasteiger partial charge in [0.1, 0.15) is 0 Å². The van der Waals surface area contributed by atoms with Crippen molar-refractivity contribution < 1.29 is 13.2 Å². The predicted octanol–water partition coefficient (Wildman–Crippen LogP) is 1.58. The second-order valence-electron chi connectivity index (χ2n) is 6.48. The molecule has 130 valence electrons. The van der Waals surface area contributed by atoms with Crippen molar-refractivity contribution in [2.45, 2.75) is 12.8 Å². The number of nitrogens with zero attached hydrogens (tertiary/aromatic N) is 2. The second-order valence-corrected chi connectivity index (χ2v) is 8.46. The summed E-state index contributed by atoms with van der Waals surface area (Å²) in [5.41, 5.74) is 1.71. The van der Waals surface area contributed by atoms with E-state index in [2.05, 4.69) is 5.32 Å². The van der Waals surface area contributed by atoms with Gasteiger partial charge < -0.3 is 9.88 Å². The molecule has 3 rings (SSSR count). The molecule has 0 spiro atoms. The van der Waals surface area contributed by atoms with E-state index in [9.17, 15) is 13.2 Å². The minimum atomic E-state index is -3.10. The van der Waals surface area contributed by atoms with Gasteiger partial charge in [0.15, 0.2) is 0 Å². The van der Waals surface area contributed by atoms with Crippen molar-refractivity contribution in [3.8, 4) is 0 Å². The zero-order valence-corrected chi connectivity index (χ0v) is 14.8. The van der Waals surface area contributed by atoms with Crippen molar-refractivity contribution in [1.29, 1.82) is 0 Å². The van der Waals surface area contributed by atoms with E-state index in [1.807, 2.05) is 42.1 Å². The molecule has 1 aromatic heterocycles. The molecule has 0 bridgehead atoms. The molecule has 1 fully saturated rings. The van der Waals surface area contributed by atoms with Gasteiger partial charge in [-0.2, -0.15) is 0 Å². The quantitative estimate of drug-likeness (QED) is 0.911. The van der Waals surface area contributed by atoms with Crippen molar-refractivity contribution in [2.24, 2.45) is 13.0 Å². The van der Waals surface area contributed by atoms with E-state index < -0.39 is 10.0 Å². The van der Waals surface area contributed by atoms with Crippen LogP contribution in [-0.4, -0.2) is 49.1 Å². The summed E-state index contributed by atoms with van der Waals surface area (Å²) in [6.45, 7) is 1.65. The monoisotopic (exact) mass is 349 g/mol. The number of rotatable bonds is 4. The van der Waals surface area contributed by atoms with Crippen LogP contribution in [0.15, 0.2) is 30.5 Å². The Morgan fingerprint density at radius 3 is 2.62 bits per heavy atom. The molecule has 0 atom stereocenters. The minimum Gasteiger partial charge on any atom is -0.352 e. The molecule has 6 nitrogen and oxygen atoms in total. The van der Waals surface area contributed by atoms with E-state index in [4.69, 9.17) is 0 Å². The number of hydrogen-bond acceptors (Lipinski definition) is 3. The van der Waals surface area contributed by atoms with E-state index in [1.165, 1.54) is 10.6 Å². The van der Waals surface area contributed by atoms with Crippen LogP contribution in [0, 0.1) is 5.92 Å². The standard InChI is InChI=1S/C17H23N3O3S/c1-19-9-8-14-15(4-3-5-16(14)19)17(21)18-12-13-6-10-20(11-7-13)24(2,22)23/h3-5,8-9,13H,6-7,10-12H2,1-2H3,(H,18,21). The molecule has 1 amide bonds. The molecule has 0 aliphatic carbocycles. The molecule has 1 aliphatic rings. The Balaban J connectivity index is 1.60. The first kappa shape index (κ1) is 17.0. The predicted molar refractivity (Wildman–Crippen MR) is 94.4 cm³/mol. The zero-order chi connectivity index (χ0) is 17.3. The molecule has 0 radical (unpaired) electrons. The van der Waals surface area contributed by atoms with Crippen LogP contribution in [0.1, 0.15) is 23.2 Å².